The second-order valence-corrected chi connectivity index (χ2v) is 3.41. The van der Waals surface area contributed by atoms with E-state index in [0.717, 1.165) is 0 Å². The van der Waals surface area contributed by atoms with Crippen LogP contribution in [0.2, 0.25) is 0 Å². The third-order valence-corrected chi connectivity index (χ3v) is 2.22. The quantitative estimate of drug-likeness (QED) is 0.597. The fraction of sp³-hybridized carbons (Fsp3) is 0.875. The molecule has 1 aliphatic heterocycles. The van der Waals surface area contributed by atoms with Gasteiger partial charge in [0.05, 0.1) is 18.6 Å². The minimum absolute atomic E-state index is 0.0116. The Bertz CT molecular complexity index is 167. The molecule has 1 saturated heterocycles. The number of aliphatic hydroxyl groups excluding tert-OH is 1. The maximum Gasteiger partial charge on any atom is 0.225 e. The first-order chi connectivity index (χ1) is 5.04. The lowest BCUT2D eigenvalue weighted by Crippen LogP contribution is -2.39. The van der Waals surface area contributed by atoms with Crippen molar-refractivity contribution >= 4 is 5.91 Å². The molecule has 1 amide bonds. The highest BCUT2D eigenvalue weighted by Gasteiger charge is 2.36. The van der Waals surface area contributed by atoms with Gasteiger partial charge in [-0.2, -0.15) is 0 Å². The second-order valence-electron chi connectivity index (χ2n) is 3.41. The standard InChI is InChI=1S/C8H15NO2/c1-5(2)9-6(3)7(10)4-8(9)11/h5-7,10H,4H2,1-3H3/t6-,7-/m0/s1. The average Bonchev–Trinajstić information content (AvgIpc) is 2.07. The van der Waals surface area contributed by atoms with Crippen molar-refractivity contribution < 1.29 is 9.90 Å². The van der Waals surface area contributed by atoms with Crippen molar-refractivity contribution in [2.75, 3.05) is 0 Å². The highest BCUT2D eigenvalue weighted by molar-refractivity contribution is 5.79. The molecular formula is C8H15NO2. The van der Waals surface area contributed by atoms with E-state index in [1.54, 1.807) is 4.90 Å². The van der Waals surface area contributed by atoms with Crippen LogP contribution in [0.3, 0.4) is 0 Å². The van der Waals surface area contributed by atoms with Gasteiger partial charge < -0.3 is 10.0 Å². The number of likely N-dealkylation sites (tertiary alicyclic amines) is 1. The molecular weight excluding hydrogens is 142 g/mol. The summed E-state index contributed by atoms with van der Waals surface area (Å²) < 4.78 is 0. The highest BCUT2D eigenvalue weighted by atomic mass is 16.3. The van der Waals surface area contributed by atoms with Crippen LogP contribution in [0.5, 0.6) is 0 Å². The van der Waals surface area contributed by atoms with Crippen LogP contribution >= 0.6 is 0 Å². The Morgan fingerprint density at radius 2 is 2.18 bits per heavy atom. The number of rotatable bonds is 1. The summed E-state index contributed by atoms with van der Waals surface area (Å²) in [5.41, 5.74) is 0. The molecule has 0 unspecified atom stereocenters. The van der Waals surface area contributed by atoms with Crippen molar-refractivity contribution in [3.05, 3.63) is 0 Å². The summed E-state index contributed by atoms with van der Waals surface area (Å²) in [6.45, 7) is 5.81. The smallest absolute Gasteiger partial charge is 0.225 e. The molecule has 3 nitrogen and oxygen atoms in total. The molecule has 1 aliphatic rings. The lowest BCUT2D eigenvalue weighted by molar-refractivity contribution is -0.130. The molecule has 1 N–H and O–H groups in total. The van der Waals surface area contributed by atoms with Gasteiger partial charge in [-0.05, 0) is 20.8 Å². The molecule has 1 fully saturated rings. The normalized spacial score (nSPS) is 32.1. The van der Waals surface area contributed by atoms with Crippen molar-refractivity contribution in [2.45, 2.75) is 45.4 Å². The minimum atomic E-state index is -0.468. The van der Waals surface area contributed by atoms with Crippen LogP contribution in [0.4, 0.5) is 0 Å². The van der Waals surface area contributed by atoms with Gasteiger partial charge in [-0.25, -0.2) is 0 Å². The van der Waals surface area contributed by atoms with E-state index in [2.05, 4.69) is 0 Å². The first-order valence-corrected chi connectivity index (χ1v) is 4.03. The summed E-state index contributed by atoms with van der Waals surface area (Å²) in [5, 5.41) is 9.32. The third kappa shape index (κ3) is 1.38. The van der Waals surface area contributed by atoms with Crippen molar-refractivity contribution in [1.29, 1.82) is 0 Å². The molecule has 3 heteroatoms. The molecule has 0 saturated carbocycles. The molecule has 1 rings (SSSR count). The number of aliphatic hydroxyl groups is 1. The molecule has 11 heavy (non-hydrogen) atoms. The van der Waals surface area contributed by atoms with Crippen molar-refractivity contribution in [2.24, 2.45) is 0 Å². The zero-order valence-electron chi connectivity index (χ0n) is 7.24. The molecule has 0 aliphatic carbocycles. The van der Waals surface area contributed by atoms with E-state index in [1.807, 2.05) is 20.8 Å². The maximum atomic E-state index is 11.2. The first kappa shape index (κ1) is 8.53. The van der Waals surface area contributed by atoms with Crippen molar-refractivity contribution in [3.8, 4) is 0 Å². The zero-order valence-corrected chi connectivity index (χ0v) is 7.24. The Hall–Kier alpha value is -0.570. The molecule has 2 atom stereocenters. The van der Waals surface area contributed by atoms with Crippen LogP contribution in [0.25, 0.3) is 0 Å². The van der Waals surface area contributed by atoms with Gasteiger partial charge in [0.1, 0.15) is 0 Å². The molecule has 1 heterocycles. The predicted molar refractivity (Wildman–Crippen MR) is 42.1 cm³/mol. The van der Waals surface area contributed by atoms with Gasteiger partial charge in [-0.3, -0.25) is 4.79 Å². The molecule has 0 aromatic carbocycles. The summed E-state index contributed by atoms with van der Waals surface area (Å²) in [6.07, 6.45) is -0.177. The number of carbonyl (C=O) groups excluding carboxylic acids is 1. The van der Waals surface area contributed by atoms with Gasteiger partial charge in [-0.1, -0.05) is 0 Å². The lowest BCUT2D eigenvalue weighted by atomic mass is 10.2. The Labute approximate surface area is 67.0 Å². The Morgan fingerprint density at radius 1 is 1.64 bits per heavy atom. The molecule has 0 spiro atoms. The van der Waals surface area contributed by atoms with Crippen LogP contribution < -0.4 is 0 Å². The van der Waals surface area contributed by atoms with Gasteiger partial charge in [0.15, 0.2) is 0 Å². The number of carbonyl (C=O) groups is 1. The molecule has 0 radical (unpaired) electrons. The van der Waals surface area contributed by atoms with Crippen molar-refractivity contribution in [1.82, 2.24) is 4.90 Å². The van der Waals surface area contributed by atoms with Crippen LogP contribution in [-0.2, 0) is 4.79 Å². The van der Waals surface area contributed by atoms with Gasteiger partial charge in [0.25, 0.3) is 0 Å². The summed E-state index contributed by atoms with van der Waals surface area (Å²) in [6, 6.07) is 0.192. The number of hydrogen-bond donors (Lipinski definition) is 1. The summed E-state index contributed by atoms with van der Waals surface area (Å²) in [7, 11) is 0. The Balaban J connectivity index is 2.71. The van der Waals surface area contributed by atoms with Crippen LogP contribution in [0.15, 0.2) is 0 Å². The second kappa shape index (κ2) is 2.81. The fourth-order valence-corrected chi connectivity index (χ4v) is 1.63. The van der Waals surface area contributed by atoms with E-state index in [-0.39, 0.29) is 18.0 Å². The average molecular weight is 157 g/mol. The van der Waals surface area contributed by atoms with E-state index in [9.17, 15) is 9.90 Å². The molecule has 64 valence electrons. The monoisotopic (exact) mass is 157 g/mol. The van der Waals surface area contributed by atoms with Gasteiger partial charge in [-0.15, -0.1) is 0 Å². The Kier molecular flexibility index (Phi) is 2.18. The third-order valence-electron chi connectivity index (χ3n) is 2.22. The summed E-state index contributed by atoms with van der Waals surface area (Å²) in [4.78, 5) is 12.9. The largest absolute Gasteiger partial charge is 0.390 e. The first-order valence-electron chi connectivity index (χ1n) is 4.03. The van der Waals surface area contributed by atoms with Gasteiger partial charge in [0, 0.05) is 6.04 Å². The van der Waals surface area contributed by atoms with E-state index >= 15 is 0 Å². The topological polar surface area (TPSA) is 40.5 Å². The van der Waals surface area contributed by atoms with E-state index in [1.165, 1.54) is 0 Å². The van der Waals surface area contributed by atoms with Crippen LogP contribution in [0.1, 0.15) is 27.2 Å². The fourth-order valence-electron chi connectivity index (χ4n) is 1.63. The van der Waals surface area contributed by atoms with E-state index in [0.29, 0.717) is 6.42 Å². The molecule has 0 aromatic rings. The minimum Gasteiger partial charge on any atom is -0.390 e. The molecule has 0 bridgehead atoms. The Morgan fingerprint density at radius 3 is 2.36 bits per heavy atom. The number of hydrogen-bond acceptors (Lipinski definition) is 2. The van der Waals surface area contributed by atoms with Crippen LogP contribution in [0, 0.1) is 0 Å². The van der Waals surface area contributed by atoms with E-state index < -0.39 is 6.10 Å². The predicted octanol–water partition coefficient (Wildman–Crippen LogP) is 0.377. The van der Waals surface area contributed by atoms with Crippen molar-refractivity contribution in [3.63, 3.8) is 0 Å². The SMILES string of the molecule is CC(C)N1C(=O)C[C@H](O)[C@@H]1C. The number of amides is 1. The number of nitrogens with zero attached hydrogens (tertiary/aromatic N) is 1. The van der Waals surface area contributed by atoms with Crippen LogP contribution in [-0.4, -0.2) is 34.1 Å². The summed E-state index contributed by atoms with van der Waals surface area (Å²) >= 11 is 0. The lowest BCUT2D eigenvalue weighted by Gasteiger charge is -2.26. The van der Waals surface area contributed by atoms with E-state index in [4.69, 9.17) is 0 Å². The van der Waals surface area contributed by atoms with Gasteiger partial charge >= 0.3 is 0 Å². The maximum absolute atomic E-state index is 11.2. The zero-order chi connectivity index (χ0) is 8.59. The highest BCUT2D eigenvalue weighted by Crippen LogP contribution is 2.20. The summed E-state index contributed by atoms with van der Waals surface area (Å²) in [5.74, 6) is 0.0694. The van der Waals surface area contributed by atoms with Gasteiger partial charge in [0.2, 0.25) is 5.91 Å². The molecule has 0 aromatic heterocycles.